The van der Waals surface area contributed by atoms with Crippen LogP contribution in [0.4, 0.5) is 4.79 Å². The average Bonchev–Trinajstić information content (AvgIpc) is 2.16. The summed E-state index contributed by atoms with van der Waals surface area (Å²) in [5.41, 5.74) is 0. The first-order valence-electron chi connectivity index (χ1n) is 5.85. The van der Waals surface area contributed by atoms with Crippen LogP contribution in [-0.4, -0.2) is 31.2 Å². The Bertz CT molecular complexity index is 198. The zero-order valence-electron chi connectivity index (χ0n) is 9.97. The number of urea groups is 1. The molecule has 0 aromatic heterocycles. The van der Waals surface area contributed by atoms with Crippen LogP contribution >= 0.6 is 0 Å². The Morgan fingerprint density at radius 2 is 2.20 bits per heavy atom. The van der Waals surface area contributed by atoms with Crippen molar-refractivity contribution < 1.29 is 4.79 Å². The lowest BCUT2D eigenvalue weighted by atomic mass is 9.95. The maximum absolute atomic E-state index is 11.3. The molecule has 15 heavy (non-hydrogen) atoms. The molecule has 3 N–H and O–H groups in total. The van der Waals surface area contributed by atoms with Gasteiger partial charge in [-0.15, -0.1) is 0 Å². The minimum atomic E-state index is -0.0522. The van der Waals surface area contributed by atoms with E-state index in [1.54, 1.807) is 0 Å². The molecule has 1 rings (SSSR count). The molecule has 0 saturated carbocycles. The van der Waals surface area contributed by atoms with E-state index in [9.17, 15) is 4.79 Å². The molecule has 1 saturated heterocycles. The Kier molecular flexibility index (Phi) is 4.88. The van der Waals surface area contributed by atoms with Gasteiger partial charge in [0.05, 0.1) is 0 Å². The van der Waals surface area contributed by atoms with Gasteiger partial charge in [0.25, 0.3) is 0 Å². The molecule has 2 unspecified atom stereocenters. The number of hydrogen-bond donors (Lipinski definition) is 3. The van der Waals surface area contributed by atoms with Crippen molar-refractivity contribution in [2.24, 2.45) is 5.92 Å². The van der Waals surface area contributed by atoms with Crippen LogP contribution in [-0.2, 0) is 0 Å². The van der Waals surface area contributed by atoms with Crippen LogP contribution < -0.4 is 16.0 Å². The van der Waals surface area contributed by atoms with Gasteiger partial charge < -0.3 is 16.0 Å². The van der Waals surface area contributed by atoms with Crippen molar-refractivity contribution >= 4 is 6.03 Å². The number of carbonyl (C=O) groups excluding carboxylic acids is 1. The molecular formula is C11H23N3O. The van der Waals surface area contributed by atoms with E-state index in [4.69, 9.17) is 0 Å². The predicted molar refractivity (Wildman–Crippen MR) is 61.9 cm³/mol. The van der Waals surface area contributed by atoms with Gasteiger partial charge in [-0.2, -0.15) is 0 Å². The first-order chi connectivity index (χ1) is 7.08. The van der Waals surface area contributed by atoms with Crippen LogP contribution in [0.2, 0.25) is 0 Å². The lowest BCUT2D eigenvalue weighted by Crippen LogP contribution is -2.45. The molecule has 1 aliphatic heterocycles. The SMILES string of the molecule is CC(C)NC(=O)NCC1CCC(C)NC1. The second-order valence-corrected chi connectivity index (χ2v) is 4.76. The maximum Gasteiger partial charge on any atom is 0.314 e. The highest BCUT2D eigenvalue weighted by molar-refractivity contribution is 5.74. The highest BCUT2D eigenvalue weighted by Crippen LogP contribution is 2.12. The summed E-state index contributed by atoms with van der Waals surface area (Å²) < 4.78 is 0. The third kappa shape index (κ3) is 5.02. The Labute approximate surface area is 92.2 Å². The van der Waals surface area contributed by atoms with E-state index in [1.807, 2.05) is 13.8 Å². The first-order valence-corrected chi connectivity index (χ1v) is 5.85. The summed E-state index contributed by atoms with van der Waals surface area (Å²) in [7, 11) is 0. The van der Waals surface area contributed by atoms with Gasteiger partial charge in [0, 0.05) is 18.6 Å². The number of nitrogens with one attached hydrogen (secondary N) is 3. The topological polar surface area (TPSA) is 53.2 Å². The van der Waals surface area contributed by atoms with Crippen molar-refractivity contribution in [1.82, 2.24) is 16.0 Å². The Balaban J connectivity index is 2.12. The average molecular weight is 213 g/mol. The molecule has 1 fully saturated rings. The molecule has 0 spiro atoms. The Morgan fingerprint density at radius 3 is 2.73 bits per heavy atom. The Hall–Kier alpha value is -0.770. The normalized spacial score (nSPS) is 26.4. The monoisotopic (exact) mass is 213 g/mol. The smallest absolute Gasteiger partial charge is 0.314 e. The minimum absolute atomic E-state index is 0.0522. The lowest BCUT2D eigenvalue weighted by molar-refractivity contribution is 0.233. The second-order valence-electron chi connectivity index (χ2n) is 4.76. The molecule has 88 valence electrons. The zero-order chi connectivity index (χ0) is 11.3. The van der Waals surface area contributed by atoms with E-state index in [-0.39, 0.29) is 12.1 Å². The van der Waals surface area contributed by atoms with Crippen LogP contribution in [0.3, 0.4) is 0 Å². The number of carbonyl (C=O) groups is 1. The highest BCUT2D eigenvalue weighted by atomic mass is 16.2. The van der Waals surface area contributed by atoms with Crippen LogP contribution in [0.5, 0.6) is 0 Å². The van der Waals surface area contributed by atoms with Gasteiger partial charge in [-0.1, -0.05) is 0 Å². The molecule has 0 aromatic rings. The number of amides is 2. The largest absolute Gasteiger partial charge is 0.338 e. The summed E-state index contributed by atoms with van der Waals surface area (Å²) >= 11 is 0. The van der Waals surface area contributed by atoms with Gasteiger partial charge in [0.2, 0.25) is 0 Å². The van der Waals surface area contributed by atoms with Gasteiger partial charge in [-0.25, -0.2) is 4.79 Å². The highest BCUT2D eigenvalue weighted by Gasteiger charge is 2.17. The minimum Gasteiger partial charge on any atom is -0.338 e. The number of piperidine rings is 1. The molecule has 2 amide bonds. The Morgan fingerprint density at radius 1 is 1.47 bits per heavy atom. The zero-order valence-corrected chi connectivity index (χ0v) is 9.97. The maximum atomic E-state index is 11.3. The molecule has 4 nitrogen and oxygen atoms in total. The fourth-order valence-electron chi connectivity index (χ4n) is 1.78. The van der Waals surface area contributed by atoms with Crippen molar-refractivity contribution in [2.75, 3.05) is 13.1 Å². The summed E-state index contributed by atoms with van der Waals surface area (Å²) in [4.78, 5) is 11.3. The van der Waals surface area contributed by atoms with Gasteiger partial charge in [-0.05, 0) is 46.1 Å². The molecule has 2 atom stereocenters. The summed E-state index contributed by atoms with van der Waals surface area (Å²) in [6.45, 7) is 7.92. The summed E-state index contributed by atoms with van der Waals surface area (Å²) in [5, 5.41) is 9.15. The van der Waals surface area contributed by atoms with E-state index in [0.717, 1.165) is 13.1 Å². The van der Waals surface area contributed by atoms with Crippen molar-refractivity contribution in [2.45, 2.75) is 45.7 Å². The summed E-state index contributed by atoms with van der Waals surface area (Å²) in [5.74, 6) is 0.583. The fourth-order valence-corrected chi connectivity index (χ4v) is 1.78. The van der Waals surface area contributed by atoms with E-state index in [0.29, 0.717) is 12.0 Å². The van der Waals surface area contributed by atoms with Crippen molar-refractivity contribution in [1.29, 1.82) is 0 Å². The molecule has 0 aliphatic carbocycles. The predicted octanol–water partition coefficient (Wildman–Crippen LogP) is 1.08. The summed E-state index contributed by atoms with van der Waals surface area (Å²) in [6, 6.07) is 0.781. The van der Waals surface area contributed by atoms with Crippen molar-refractivity contribution in [3.63, 3.8) is 0 Å². The van der Waals surface area contributed by atoms with Gasteiger partial charge >= 0.3 is 6.03 Å². The molecule has 0 aromatic carbocycles. The summed E-state index contributed by atoms with van der Waals surface area (Å²) in [6.07, 6.45) is 2.41. The second kappa shape index (κ2) is 5.95. The third-order valence-electron chi connectivity index (χ3n) is 2.73. The first kappa shape index (κ1) is 12.3. The van der Waals surface area contributed by atoms with Gasteiger partial charge in [-0.3, -0.25) is 0 Å². The molecular weight excluding hydrogens is 190 g/mol. The molecule has 4 heteroatoms. The molecule has 1 aliphatic rings. The van der Waals surface area contributed by atoms with Crippen LogP contribution in [0, 0.1) is 5.92 Å². The molecule has 1 heterocycles. The van der Waals surface area contributed by atoms with Crippen molar-refractivity contribution in [3.8, 4) is 0 Å². The quantitative estimate of drug-likeness (QED) is 0.657. The third-order valence-corrected chi connectivity index (χ3v) is 2.73. The number of rotatable bonds is 3. The van der Waals surface area contributed by atoms with E-state index in [1.165, 1.54) is 12.8 Å². The standard InChI is InChI=1S/C11H23N3O/c1-8(2)14-11(15)13-7-10-5-4-9(3)12-6-10/h8-10,12H,4-7H2,1-3H3,(H2,13,14,15). The van der Waals surface area contributed by atoms with E-state index < -0.39 is 0 Å². The lowest BCUT2D eigenvalue weighted by Gasteiger charge is -2.27. The molecule has 0 radical (unpaired) electrons. The van der Waals surface area contributed by atoms with E-state index >= 15 is 0 Å². The number of hydrogen-bond acceptors (Lipinski definition) is 2. The van der Waals surface area contributed by atoms with Crippen LogP contribution in [0.15, 0.2) is 0 Å². The van der Waals surface area contributed by atoms with Gasteiger partial charge in [0.1, 0.15) is 0 Å². The fraction of sp³-hybridized carbons (Fsp3) is 0.909. The van der Waals surface area contributed by atoms with Crippen molar-refractivity contribution in [3.05, 3.63) is 0 Å². The van der Waals surface area contributed by atoms with Gasteiger partial charge in [0.15, 0.2) is 0 Å². The van der Waals surface area contributed by atoms with Crippen LogP contribution in [0.1, 0.15) is 33.6 Å². The molecule has 0 bridgehead atoms. The van der Waals surface area contributed by atoms with E-state index in [2.05, 4.69) is 22.9 Å². The van der Waals surface area contributed by atoms with Crippen LogP contribution in [0.25, 0.3) is 0 Å².